The third kappa shape index (κ3) is 2.18. The first-order chi connectivity index (χ1) is 8.00. The van der Waals surface area contributed by atoms with Gasteiger partial charge in [0.2, 0.25) is 0 Å². The monoisotopic (exact) mass is 251 g/mol. The van der Waals surface area contributed by atoms with Crippen LogP contribution in [0.5, 0.6) is 0 Å². The smallest absolute Gasteiger partial charge is 0.141 e. The molecule has 0 aliphatic heterocycles. The van der Waals surface area contributed by atoms with Gasteiger partial charge in [0.15, 0.2) is 0 Å². The third-order valence-corrected chi connectivity index (χ3v) is 2.98. The summed E-state index contributed by atoms with van der Waals surface area (Å²) >= 11 is 5.70. The highest BCUT2D eigenvalue weighted by molar-refractivity contribution is 6.31. The molecule has 0 saturated carbocycles. The Morgan fingerprint density at radius 3 is 2.53 bits per heavy atom. The summed E-state index contributed by atoms with van der Waals surface area (Å²) in [5, 5.41) is 0.0243. The molecule has 0 fully saturated rings. The zero-order valence-corrected chi connectivity index (χ0v) is 10.2. The molecular formula is C14H10ClF2. The lowest BCUT2D eigenvalue weighted by Gasteiger charge is -2.09. The fraction of sp³-hybridized carbons (Fsp3) is 0.143. The van der Waals surface area contributed by atoms with Crippen molar-refractivity contribution in [3.63, 3.8) is 0 Å². The maximum atomic E-state index is 13.7. The van der Waals surface area contributed by atoms with Gasteiger partial charge in [0.25, 0.3) is 0 Å². The minimum Gasteiger partial charge on any atom is -0.206 e. The largest absolute Gasteiger partial charge is 0.206 e. The van der Waals surface area contributed by atoms with E-state index in [0.717, 1.165) is 0 Å². The van der Waals surface area contributed by atoms with Crippen LogP contribution in [0.4, 0.5) is 8.78 Å². The van der Waals surface area contributed by atoms with E-state index in [2.05, 4.69) is 6.07 Å². The minimum absolute atomic E-state index is 0.0243. The van der Waals surface area contributed by atoms with Crippen molar-refractivity contribution in [2.24, 2.45) is 0 Å². The number of halogens is 3. The van der Waals surface area contributed by atoms with Crippen molar-refractivity contribution in [1.29, 1.82) is 0 Å². The zero-order valence-electron chi connectivity index (χ0n) is 9.44. The first-order valence-electron chi connectivity index (χ1n) is 5.13. The lowest BCUT2D eigenvalue weighted by atomic mass is 9.98. The second-order valence-electron chi connectivity index (χ2n) is 3.91. The van der Waals surface area contributed by atoms with E-state index in [9.17, 15) is 8.78 Å². The fourth-order valence-corrected chi connectivity index (χ4v) is 1.89. The summed E-state index contributed by atoms with van der Waals surface area (Å²) in [5.41, 5.74) is 2.30. The molecule has 0 atom stereocenters. The Morgan fingerprint density at radius 1 is 1.18 bits per heavy atom. The maximum Gasteiger partial charge on any atom is 0.141 e. The quantitative estimate of drug-likeness (QED) is 0.689. The summed E-state index contributed by atoms with van der Waals surface area (Å²) in [7, 11) is 0. The van der Waals surface area contributed by atoms with Crippen LogP contribution in [0.15, 0.2) is 24.3 Å². The van der Waals surface area contributed by atoms with E-state index < -0.39 is 5.82 Å². The molecule has 0 amide bonds. The lowest BCUT2D eigenvalue weighted by molar-refractivity contribution is 0.610. The number of rotatable bonds is 1. The fourth-order valence-electron chi connectivity index (χ4n) is 1.71. The first-order valence-corrected chi connectivity index (χ1v) is 5.51. The predicted octanol–water partition coefficient (Wildman–Crippen LogP) is 4.70. The van der Waals surface area contributed by atoms with Gasteiger partial charge in [-0.3, -0.25) is 0 Å². The average Bonchev–Trinajstić information content (AvgIpc) is 2.30. The van der Waals surface area contributed by atoms with Gasteiger partial charge in [0.1, 0.15) is 11.6 Å². The number of aryl methyl sites for hydroxylation is 1. The second kappa shape index (κ2) is 4.46. The number of hydrogen-bond donors (Lipinski definition) is 0. The maximum absolute atomic E-state index is 13.7. The first kappa shape index (κ1) is 12.1. The van der Waals surface area contributed by atoms with Crippen molar-refractivity contribution in [3.05, 3.63) is 58.1 Å². The van der Waals surface area contributed by atoms with Crippen molar-refractivity contribution in [2.75, 3.05) is 0 Å². The molecule has 0 bridgehead atoms. The molecule has 3 heteroatoms. The lowest BCUT2D eigenvalue weighted by Crippen LogP contribution is -1.92. The molecule has 87 valence electrons. The Labute approximate surface area is 104 Å². The van der Waals surface area contributed by atoms with Crippen LogP contribution < -0.4 is 0 Å². The van der Waals surface area contributed by atoms with Crippen LogP contribution in [0.3, 0.4) is 0 Å². The molecule has 0 spiro atoms. The Kier molecular flexibility index (Phi) is 3.16. The van der Waals surface area contributed by atoms with Crippen molar-refractivity contribution >= 4 is 11.6 Å². The summed E-state index contributed by atoms with van der Waals surface area (Å²) < 4.78 is 26.8. The molecule has 0 nitrogen and oxygen atoms in total. The average molecular weight is 252 g/mol. The predicted molar refractivity (Wildman–Crippen MR) is 65.1 cm³/mol. The number of hydrogen-bond acceptors (Lipinski definition) is 0. The van der Waals surface area contributed by atoms with Gasteiger partial charge in [0, 0.05) is 0 Å². The van der Waals surface area contributed by atoms with Crippen LogP contribution >= 0.6 is 11.6 Å². The van der Waals surface area contributed by atoms with Crippen LogP contribution in [0, 0.1) is 31.5 Å². The molecule has 0 aliphatic carbocycles. The molecule has 17 heavy (non-hydrogen) atoms. The topological polar surface area (TPSA) is 0 Å². The van der Waals surface area contributed by atoms with Gasteiger partial charge >= 0.3 is 0 Å². The minimum atomic E-state index is -0.486. The van der Waals surface area contributed by atoms with Gasteiger partial charge in [-0.1, -0.05) is 17.7 Å². The van der Waals surface area contributed by atoms with Crippen molar-refractivity contribution in [3.8, 4) is 11.1 Å². The van der Waals surface area contributed by atoms with E-state index >= 15 is 0 Å². The highest BCUT2D eigenvalue weighted by Crippen LogP contribution is 2.29. The summed E-state index contributed by atoms with van der Waals surface area (Å²) in [5.74, 6) is -0.750. The van der Waals surface area contributed by atoms with E-state index in [-0.39, 0.29) is 10.8 Å². The van der Waals surface area contributed by atoms with Crippen LogP contribution in [0.1, 0.15) is 11.1 Å². The van der Waals surface area contributed by atoms with Crippen molar-refractivity contribution < 1.29 is 8.78 Å². The summed E-state index contributed by atoms with van der Waals surface area (Å²) in [4.78, 5) is 0. The second-order valence-corrected chi connectivity index (χ2v) is 4.32. The summed E-state index contributed by atoms with van der Waals surface area (Å²) in [6.07, 6.45) is 0. The molecule has 1 radical (unpaired) electrons. The van der Waals surface area contributed by atoms with Crippen LogP contribution in [0.25, 0.3) is 11.1 Å². The molecule has 0 heterocycles. The SMILES string of the molecule is Cc1c[c]c(-c2ccc(F)c(Cl)c2)c(C)c1F. The third-order valence-electron chi connectivity index (χ3n) is 2.69. The van der Waals surface area contributed by atoms with Crippen LogP contribution in [-0.2, 0) is 0 Å². The standard InChI is InChI=1S/C14H10ClF2/c1-8-3-5-11(9(2)14(8)17)10-4-6-13(16)12(15)7-10/h3-4,6-7H,1-2H3. The highest BCUT2D eigenvalue weighted by Gasteiger charge is 2.10. The van der Waals surface area contributed by atoms with Gasteiger partial charge in [-0.2, -0.15) is 0 Å². The van der Waals surface area contributed by atoms with Gasteiger partial charge in [-0.05, 0) is 60.4 Å². The van der Waals surface area contributed by atoms with E-state index in [0.29, 0.717) is 22.3 Å². The summed E-state index contributed by atoms with van der Waals surface area (Å²) in [6, 6.07) is 8.87. The Morgan fingerprint density at radius 2 is 1.88 bits per heavy atom. The zero-order chi connectivity index (χ0) is 12.6. The van der Waals surface area contributed by atoms with Crippen molar-refractivity contribution in [2.45, 2.75) is 13.8 Å². The molecule has 2 rings (SSSR count). The highest BCUT2D eigenvalue weighted by atomic mass is 35.5. The van der Waals surface area contributed by atoms with E-state index in [1.54, 1.807) is 26.0 Å². The van der Waals surface area contributed by atoms with E-state index in [1.165, 1.54) is 12.1 Å². The van der Waals surface area contributed by atoms with Crippen LogP contribution in [0.2, 0.25) is 5.02 Å². The van der Waals surface area contributed by atoms with Gasteiger partial charge < -0.3 is 0 Å². The molecule has 2 aromatic rings. The molecule has 2 aromatic carbocycles. The molecule has 0 unspecified atom stereocenters. The Hall–Kier alpha value is -1.41. The van der Waals surface area contributed by atoms with Crippen LogP contribution in [-0.4, -0.2) is 0 Å². The van der Waals surface area contributed by atoms with E-state index in [1.807, 2.05) is 0 Å². The van der Waals surface area contributed by atoms with Crippen molar-refractivity contribution in [1.82, 2.24) is 0 Å². The molecule has 0 saturated heterocycles. The Bertz CT molecular complexity index is 577. The molecular weight excluding hydrogens is 242 g/mol. The molecule has 0 aliphatic rings. The summed E-state index contributed by atoms with van der Waals surface area (Å²) in [6.45, 7) is 3.35. The van der Waals surface area contributed by atoms with E-state index in [4.69, 9.17) is 11.6 Å². The molecule has 0 aromatic heterocycles. The van der Waals surface area contributed by atoms with Gasteiger partial charge in [-0.25, -0.2) is 8.78 Å². The Balaban J connectivity index is 2.61. The normalized spacial score (nSPS) is 10.6. The number of benzene rings is 2. The van der Waals surface area contributed by atoms with Gasteiger partial charge in [-0.15, -0.1) is 0 Å². The molecule has 0 N–H and O–H groups in total. The van der Waals surface area contributed by atoms with Gasteiger partial charge in [0.05, 0.1) is 5.02 Å².